The molecule has 2 rings (SSSR count). The molecule has 20 heavy (non-hydrogen) atoms. The van der Waals surface area contributed by atoms with Gasteiger partial charge in [0.1, 0.15) is 5.25 Å². The third-order valence-electron chi connectivity index (χ3n) is 3.55. The third-order valence-corrected chi connectivity index (χ3v) is 5.74. The van der Waals surface area contributed by atoms with Crippen molar-refractivity contribution < 1.29 is 13.6 Å². The Morgan fingerprint density at radius 1 is 1.15 bits per heavy atom. The molecule has 1 aromatic rings. The molecule has 4 nitrogen and oxygen atoms in total. The maximum Gasteiger partial charge on any atom is 0.186 e. The zero-order valence-electron chi connectivity index (χ0n) is 11.5. The summed E-state index contributed by atoms with van der Waals surface area (Å²) in [5.41, 5.74) is 1.37. The lowest BCUT2D eigenvalue weighted by Crippen LogP contribution is -2.31. The lowest BCUT2D eigenvalue weighted by atomic mass is 10.0. The summed E-state index contributed by atoms with van der Waals surface area (Å²) in [4.78, 5) is 0.291. The standard InChI is InChI=1S/C15H19NO3S/c1-12-8-10-13(11-9-12)20(18,19)15-7-5-3-2-4-6-14(15)16-17/h2-3,8-11,15,17H,4-7H2,1H3/b3-2?,16-14-/t15-/m0/s1. The van der Waals surface area contributed by atoms with Crippen LogP contribution in [0.15, 0.2) is 46.5 Å². The molecule has 1 aliphatic carbocycles. The van der Waals surface area contributed by atoms with E-state index >= 15 is 0 Å². The Balaban J connectivity index is 2.39. The van der Waals surface area contributed by atoms with Gasteiger partial charge in [-0.1, -0.05) is 35.0 Å². The van der Waals surface area contributed by atoms with Crippen LogP contribution in [0.25, 0.3) is 0 Å². The molecule has 1 atom stereocenters. The zero-order valence-corrected chi connectivity index (χ0v) is 12.3. The summed E-state index contributed by atoms with van der Waals surface area (Å²) in [7, 11) is -3.50. The highest BCUT2D eigenvalue weighted by atomic mass is 32.2. The van der Waals surface area contributed by atoms with Crippen LogP contribution in [0.1, 0.15) is 31.2 Å². The highest BCUT2D eigenvalue weighted by molar-refractivity contribution is 7.92. The molecule has 5 heteroatoms. The van der Waals surface area contributed by atoms with Crippen molar-refractivity contribution in [2.24, 2.45) is 5.16 Å². The molecule has 0 fully saturated rings. The highest BCUT2D eigenvalue weighted by Crippen LogP contribution is 2.24. The van der Waals surface area contributed by atoms with Gasteiger partial charge in [0.05, 0.1) is 10.6 Å². The van der Waals surface area contributed by atoms with Crippen LogP contribution in [0.5, 0.6) is 0 Å². The maximum absolute atomic E-state index is 12.7. The molecule has 0 heterocycles. The number of benzene rings is 1. The van der Waals surface area contributed by atoms with Gasteiger partial charge in [0.25, 0.3) is 0 Å². The molecule has 0 unspecified atom stereocenters. The predicted molar refractivity (Wildman–Crippen MR) is 79.0 cm³/mol. The van der Waals surface area contributed by atoms with Gasteiger partial charge in [0.15, 0.2) is 9.84 Å². The minimum Gasteiger partial charge on any atom is -0.411 e. The van der Waals surface area contributed by atoms with E-state index in [-0.39, 0.29) is 0 Å². The Labute approximate surface area is 119 Å². The van der Waals surface area contributed by atoms with Crippen molar-refractivity contribution in [2.45, 2.75) is 42.8 Å². The largest absolute Gasteiger partial charge is 0.411 e. The first kappa shape index (κ1) is 14.8. The summed E-state index contributed by atoms with van der Waals surface area (Å²) in [6, 6.07) is 6.81. The fraction of sp³-hybridized carbons (Fsp3) is 0.400. The molecular weight excluding hydrogens is 274 g/mol. The monoisotopic (exact) mass is 293 g/mol. The van der Waals surface area contributed by atoms with Gasteiger partial charge in [0, 0.05) is 0 Å². The van der Waals surface area contributed by atoms with E-state index < -0.39 is 15.1 Å². The number of sulfone groups is 1. The van der Waals surface area contributed by atoms with Crippen molar-refractivity contribution in [3.63, 3.8) is 0 Å². The predicted octanol–water partition coefficient (Wildman–Crippen LogP) is 3.10. The van der Waals surface area contributed by atoms with Crippen LogP contribution in [0.4, 0.5) is 0 Å². The van der Waals surface area contributed by atoms with Gasteiger partial charge in [-0.25, -0.2) is 8.42 Å². The molecule has 0 radical (unpaired) electrons. The Kier molecular flexibility index (Phi) is 4.60. The molecule has 0 aromatic heterocycles. The molecule has 0 spiro atoms. The summed E-state index contributed by atoms with van der Waals surface area (Å²) in [6.45, 7) is 1.91. The van der Waals surface area contributed by atoms with Crippen LogP contribution in [-0.4, -0.2) is 24.6 Å². The normalized spacial score (nSPS) is 22.4. The zero-order chi connectivity index (χ0) is 14.6. The average Bonchev–Trinajstić information content (AvgIpc) is 2.39. The lowest BCUT2D eigenvalue weighted by Gasteiger charge is -2.19. The van der Waals surface area contributed by atoms with Crippen molar-refractivity contribution in [1.29, 1.82) is 0 Å². The molecule has 0 amide bonds. The van der Waals surface area contributed by atoms with Gasteiger partial charge >= 0.3 is 0 Å². The van der Waals surface area contributed by atoms with Gasteiger partial charge in [0.2, 0.25) is 0 Å². The topological polar surface area (TPSA) is 66.7 Å². The maximum atomic E-state index is 12.7. The molecule has 0 bridgehead atoms. The fourth-order valence-corrected chi connectivity index (χ4v) is 4.20. The summed E-state index contributed by atoms with van der Waals surface area (Å²) in [6.07, 6.45) is 6.30. The van der Waals surface area contributed by atoms with Crippen molar-refractivity contribution in [1.82, 2.24) is 0 Å². The minimum atomic E-state index is -3.50. The summed E-state index contributed by atoms with van der Waals surface area (Å²) in [5.74, 6) is 0. The second kappa shape index (κ2) is 6.22. The quantitative estimate of drug-likeness (QED) is 0.517. The van der Waals surface area contributed by atoms with Crippen LogP contribution >= 0.6 is 0 Å². The van der Waals surface area contributed by atoms with E-state index in [1.54, 1.807) is 24.3 Å². The van der Waals surface area contributed by atoms with Crippen molar-refractivity contribution >= 4 is 15.5 Å². The minimum absolute atomic E-state index is 0.291. The van der Waals surface area contributed by atoms with Crippen LogP contribution < -0.4 is 0 Å². The Morgan fingerprint density at radius 2 is 1.80 bits per heavy atom. The Hall–Kier alpha value is -1.62. The van der Waals surface area contributed by atoms with E-state index in [9.17, 15) is 8.42 Å². The van der Waals surface area contributed by atoms with Crippen LogP contribution in [0, 0.1) is 6.92 Å². The Bertz CT molecular complexity index is 615. The van der Waals surface area contributed by atoms with Gasteiger partial charge in [-0.3, -0.25) is 0 Å². The van der Waals surface area contributed by atoms with Crippen LogP contribution in [0.3, 0.4) is 0 Å². The number of hydrogen-bond donors (Lipinski definition) is 1. The van der Waals surface area contributed by atoms with E-state index in [1.807, 2.05) is 19.1 Å². The fourth-order valence-electron chi connectivity index (χ4n) is 2.38. The van der Waals surface area contributed by atoms with E-state index in [4.69, 9.17) is 5.21 Å². The SMILES string of the molecule is Cc1ccc(S(=O)(=O)[C@H]2CCC=CCC/C2=N/O)cc1. The van der Waals surface area contributed by atoms with E-state index in [1.165, 1.54) is 0 Å². The molecule has 1 aliphatic rings. The third kappa shape index (κ3) is 3.10. The Morgan fingerprint density at radius 3 is 2.45 bits per heavy atom. The summed E-state index contributed by atoms with van der Waals surface area (Å²) in [5, 5.41) is 11.6. The van der Waals surface area contributed by atoms with Crippen molar-refractivity contribution in [2.75, 3.05) is 0 Å². The number of allylic oxidation sites excluding steroid dienone is 2. The van der Waals surface area contributed by atoms with Crippen molar-refractivity contribution in [3.05, 3.63) is 42.0 Å². The van der Waals surface area contributed by atoms with E-state index in [0.717, 1.165) is 5.56 Å². The molecule has 1 N–H and O–H groups in total. The van der Waals surface area contributed by atoms with Crippen molar-refractivity contribution in [3.8, 4) is 0 Å². The number of rotatable bonds is 2. The number of aryl methyl sites for hydroxylation is 1. The number of hydrogen-bond acceptors (Lipinski definition) is 4. The average molecular weight is 293 g/mol. The van der Waals surface area contributed by atoms with Gasteiger partial charge in [-0.05, 0) is 44.7 Å². The van der Waals surface area contributed by atoms with Gasteiger partial charge in [-0.15, -0.1) is 0 Å². The summed E-state index contributed by atoms with van der Waals surface area (Å²) >= 11 is 0. The highest BCUT2D eigenvalue weighted by Gasteiger charge is 2.32. The summed E-state index contributed by atoms with van der Waals surface area (Å²) < 4.78 is 25.4. The first-order chi connectivity index (χ1) is 9.55. The molecule has 1 aromatic carbocycles. The molecule has 0 aliphatic heterocycles. The van der Waals surface area contributed by atoms with Crippen LogP contribution in [0.2, 0.25) is 0 Å². The molecule has 0 saturated heterocycles. The number of nitrogens with zero attached hydrogens (tertiary/aromatic N) is 1. The van der Waals surface area contributed by atoms with Gasteiger partial charge in [-0.2, -0.15) is 0 Å². The second-order valence-corrected chi connectivity index (χ2v) is 7.16. The first-order valence-electron chi connectivity index (χ1n) is 6.72. The van der Waals surface area contributed by atoms with Gasteiger partial charge < -0.3 is 5.21 Å². The molecule has 0 saturated carbocycles. The smallest absolute Gasteiger partial charge is 0.186 e. The van der Waals surface area contributed by atoms with E-state index in [2.05, 4.69) is 5.16 Å². The lowest BCUT2D eigenvalue weighted by molar-refractivity contribution is 0.316. The number of oxime groups is 1. The molecule has 108 valence electrons. The second-order valence-electron chi connectivity index (χ2n) is 5.03. The van der Waals surface area contributed by atoms with Crippen LogP contribution in [-0.2, 0) is 9.84 Å². The molecular formula is C15H19NO3S. The van der Waals surface area contributed by atoms with E-state index in [0.29, 0.717) is 36.3 Å². The first-order valence-corrected chi connectivity index (χ1v) is 8.26.